The Balaban J connectivity index is 1.70. The van der Waals surface area contributed by atoms with Crippen LogP contribution in [0.2, 0.25) is 0 Å². The molecule has 0 radical (unpaired) electrons. The van der Waals surface area contributed by atoms with Crippen molar-refractivity contribution in [2.24, 2.45) is 5.41 Å². The lowest BCUT2D eigenvalue weighted by atomic mass is 9.79. The summed E-state index contributed by atoms with van der Waals surface area (Å²) < 4.78 is 7.18. The molecule has 2 fully saturated rings. The topological polar surface area (TPSA) is 64.4 Å². The Labute approximate surface area is 130 Å². The van der Waals surface area contributed by atoms with Gasteiger partial charge in [-0.05, 0) is 32.8 Å². The van der Waals surface area contributed by atoms with Crippen LogP contribution in [0.25, 0.3) is 0 Å². The first-order chi connectivity index (χ1) is 10.5. The van der Waals surface area contributed by atoms with Crippen molar-refractivity contribution in [3.05, 3.63) is 27.9 Å². The summed E-state index contributed by atoms with van der Waals surface area (Å²) in [5.41, 5.74) is 1.52. The molecule has 6 heteroatoms. The van der Waals surface area contributed by atoms with E-state index in [1.807, 2.05) is 24.8 Å². The highest BCUT2D eigenvalue weighted by molar-refractivity contribution is 5.77. The van der Waals surface area contributed by atoms with Crippen molar-refractivity contribution < 1.29 is 9.53 Å². The summed E-state index contributed by atoms with van der Waals surface area (Å²) in [6, 6.07) is 1.89. The number of rotatable bonds is 3. The number of aromatic nitrogens is 2. The van der Waals surface area contributed by atoms with E-state index in [1.165, 1.54) is 0 Å². The molecule has 1 spiro atoms. The average molecular weight is 305 g/mol. The SMILES string of the molecule is Cc1cc(C)n(CCN2CC3(CCOC3)CCC2=O)c(=O)n1. The summed E-state index contributed by atoms with van der Waals surface area (Å²) >= 11 is 0. The number of nitrogens with zero attached hydrogens (tertiary/aromatic N) is 3. The molecule has 2 aliphatic heterocycles. The summed E-state index contributed by atoms with van der Waals surface area (Å²) in [7, 11) is 0. The van der Waals surface area contributed by atoms with Gasteiger partial charge in [0.15, 0.2) is 0 Å². The van der Waals surface area contributed by atoms with Gasteiger partial charge in [-0.1, -0.05) is 0 Å². The molecule has 2 aliphatic rings. The van der Waals surface area contributed by atoms with Crippen molar-refractivity contribution in [2.45, 2.75) is 39.7 Å². The fourth-order valence-corrected chi connectivity index (χ4v) is 3.54. The number of likely N-dealkylation sites (tertiary alicyclic amines) is 1. The summed E-state index contributed by atoms with van der Waals surface area (Å²) in [6.07, 6.45) is 2.54. The molecule has 1 atom stereocenters. The quantitative estimate of drug-likeness (QED) is 0.832. The molecular weight excluding hydrogens is 282 g/mol. The first kappa shape index (κ1) is 15.2. The van der Waals surface area contributed by atoms with Crippen molar-refractivity contribution in [1.82, 2.24) is 14.5 Å². The molecule has 0 aromatic carbocycles. The minimum Gasteiger partial charge on any atom is -0.381 e. The molecule has 1 aromatic rings. The Kier molecular flexibility index (Phi) is 4.04. The predicted octanol–water partition coefficient (Wildman–Crippen LogP) is 0.889. The van der Waals surface area contributed by atoms with E-state index in [0.29, 0.717) is 19.5 Å². The Morgan fingerprint density at radius 2 is 2.09 bits per heavy atom. The number of hydrogen-bond donors (Lipinski definition) is 0. The van der Waals surface area contributed by atoms with E-state index in [-0.39, 0.29) is 17.0 Å². The second-order valence-electron chi connectivity index (χ2n) is 6.59. The molecule has 0 saturated carbocycles. The van der Waals surface area contributed by atoms with Gasteiger partial charge >= 0.3 is 5.69 Å². The Morgan fingerprint density at radius 1 is 1.27 bits per heavy atom. The smallest absolute Gasteiger partial charge is 0.348 e. The van der Waals surface area contributed by atoms with Crippen molar-refractivity contribution >= 4 is 5.91 Å². The minimum atomic E-state index is -0.235. The number of aryl methyl sites for hydroxylation is 2. The van der Waals surface area contributed by atoms with Gasteiger partial charge < -0.3 is 9.64 Å². The van der Waals surface area contributed by atoms with Crippen molar-refractivity contribution in [1.29, 1.82) is 0 Å². The van der Waals surface area contributed by atoms with Gasteiger partial charge in [0.25, 0.3) is 0 Å². The number of piperidine rings is 1. The maximum Gasteiger partial charge on any atom is 0.348 e. The fourth-order valence-electron chi connectivity index (χ4n) is 3.54. The number of carbonyl (C=O) groups excluding carboxylic acids is 1. The maximum atomic E-state index is 12.2. The standard InChI is InChI=1S/C16H23N3O3/c1-12-9-13(2)19(15(21)17-12)7-6-18-10-16(4-3-14(18)20)5-8-22-11-16/h9H,3-8,10-11H2,1-2H3. The maximum absolute atomic E-state index is 12.2. The van der Waals surface area contributed by atoms with Crippen LogP contribution in [-0.4, -0.2) is 46.7 Å². The third kappa shape index (κ3) is 2.92. The van der Waals surface area contributed by atoms with Gasteiger partial charge in [0.2, 0.25) is 5.91 Å². The van der Waals surface area contributed by atoms with Crippen molar-refractivity contribution in [3.8, 4) is 0 Å². The second-order valence-corrected chi connectivity index (χ2v) is 6.59. The zero-order valence-electron chi connectivity index (χ0n) is 13.3. The van der Waals surface area contributed by atoms with E-state index in [1.54, 1.807) is 4.57 Å². The molecule has 1 aromatic heterocycles. The van der Waals surface area contributed by atoms with Crippen LogP contribution in [0.15, 0.2) is 10.9 Å². The van der Waals surface area contributed by atoms with Gasteiger partial charge in [-0.25, -0.2) is 4.79 Å². The summed E-state index contributed by atoms with van der Waals surface area (Å²) in [5, 5.41) is 0. The molecule has 1 unspecified atom stereocenters. The molecule has 6 nitrogen and oxygen atoms in total. The highest BCUT2D eigenvalue weighted by Gasteiger charge is 2.41. The Morgan fingerprint density at radius 3 is 2.77 bits per heavy atom. The number of amides is 1. The van der Waals surface area contributed by atoms with Crippen LogP contribution in [0.5, 0.6) is 0 Å². The minimum absolute atomic E-state index is 0.138. The van der Waals surface area contributed by atoms with E-state index in [2.05, 4.69) is 4.98 Å². The zero-order chi connectivity index (χ0) is 15.7. The number of hydrogen-bond acceptors (Lipinski definition) is 4. The first-order valence-electron chi connectivity index (χ1n) is 7.90. The molecule has 2 saturated heterocycles. The van der Waals surface area contributed by atoms with Crippen LogP contribution in [0, 0.1) is 19.3 Å². The molecule has 0 N–H and O–H groups in total. The highest BCUT2D eigenvalue weighted by Crippen LogP contribution is 2.37. The summed E-state index contributed by atoms with van der Waals surface area (Å²) in [5.74, 6) is 0.184. The molecule has 3 heterocycles. The zero-order valence-corrected chi connectivity index (χ0v) is 13.3. The summed E-state index contributed by atoms with van der Waals surface area (Å²) in [6.45, 7) is 7.08. The monoisotopic (exact) mass is 305 g/mol. The fraction of sp³-hybridized carbons (Fsp3) is 0.688. The van der Waals surface area contributed by atoms with Crippen LogP contribution in [0.1, 0.15) is 30.7 Å². The lowest BCUT2D eigenvalue weighted by Gasteiger charge is -2.39. The van der Waals surface area contributed by atoms with Gasteiger partial charge in [0.1, 0.15) is 0 Å². The first-order valence-corrected chi connectivity index (χ1v) is 7.90. The number of carbonyl (C=O) groups is 1. The average Bonchev–Trinajstić information content (AvgIpc) is 2.90. The van der Waals surface area contributed by atoms with Gasteiger partial charge in [-0.2, -0.15) is 4.98 Å². The van der Waals surface area contributed by atoms with Crippen LogP contribution in [-0.2, 0) is 16.1 Å². The van der Waals surface area contributed by atoms with Crippen molar-refractivity contribution in [2.75, 3.05) is 26.3 Å². The van der Waals surface area contributed by atoms with E-state index in [0.717, 1.165) is 44.0 Å². The van der Waals surface area contributed by atoms with Crippen LogP contribution in [0.3, 0.4) is 0 Å². The van der Waals surface area contributed by atoms with E-state index < -0.39 is 0 Å². The molecule has 120 valence electrons. The Hall–Kier alpha value is -1.69. The van der Waals surface area contributed by atoms with E-state index in [9.17, 15) is 9.59 Å². The number of ether oxygens (including phenoxy) is 1. The van der Waals surface area contributed by atoms with Gasteiger partial charge in [-0.3, -0.25) is 9.36 Å². The largest absolute Gasteiger partial charge is 0.381 e. The molecule has 1 amide bonds. The normalized spacial score (nSPS) is 25.2. The van der Waals surface area contributed by atoms with E-state index >= 15 is 0 Å². The molecule has 3 rings (SSSR count). The van der Waals surface area contributed by atoms with Crippen molar-refractivity contribution in [3.63, 3.8) is 0 Å². The predicted molar refractivity (Wildman–Crippen MR) is 81.7 cm³/mol. The molecule has 22 heavy (non-hydrogen) atoms. The second kappa shape index (κ2) is 5.83. The summed E-state index contributed by atoms with van der Waals surface area (Å²) in [4.78, 5) is 30.0. The van der Waals surface area contributed by atoms with Gasteiger partial charge in [0.05, 0.1) is 6.61 Å². The van der Waals surface area contributed by atoms with Crippen LogP contribution >= 0.6 is 0 Å². The molecule has 0 bridgehead atoms. The Bertz CT molecular complexity index is 632. The van der Waals surface area contributed by atoms with Crippen LogP contribution < -0.4 is 5.69 Å². The molecular formula is C16H23N3O3. The van der Waals surface area contributed by atoms with Gasteiger partial charge in [-0.15, -0.1) is 0 Å². The lowest BCUT2D eigenvalue weighted by Crippen LogP contribution is -2.48. The highest BCUT2D eigenvalue weighted by atomic mass is 16.5. The van der Waals surface area contributed by atoms with E-state index in [4.69, 9.17) is 4.74 Å². The third-order valence-corrected chi connectivity index (χ3v) is 4.87. The third-order valence-electron chi connectivity index (χ3n) is 4.87. The van der Waals surface area contributed by atoms with Crippen LogP contribution in [0.4, 0.5) is 0 Å². The van der Waals surface area contributed by atoms with Gasteiger partial charge in [0, 0.05) is 49.5 Å². The molecule has 0 aliphatic carbocycles. The lowest BCUT2D eigenvalue weighted by molar-refractivity contribution is -0.137.